The van der Waals surface area contributed by atoms with Gasteiger partial charge in [0.1, 0.15) is 5.75 Å². The molecule has 1 N–H and O–H groups in total. The maximum atomic E-state index is 5.85. The largest absolute Gasteiger partial charge is 0.493 e. The Balaban J connectivity index is 1.80. The molecule has 0 atom stereocenters. The summed E-state index contributed by atoms with van der Waals surface area (Å²) in [7, 11) is 5.84. The zero-order chi connectivity index (χ0) is 19.8. The molecule has 0 bridgehead atoms. The first kappa shape index (κ1) is 20.8. The van der Waals surface area contributed by atoms with Crippen molar-refractivity contribution in [3.8, 4) is 5.75 Å². The molecule has 0 radical (unpaired) electrons. The van der Waals surface area contributed by atoms with Crippen molar-refractivity contribution in [1.82, 2.24) is 20.0 Å². The van der Waals surface area contributed by atoms with Gasteiger partial charge in [-0.15, -0.1) is 0 Å². The minimum absolute atomic E-state index is 0.406. The van der Waals surface area contributed by atoms with Gasteiger partial charge in [0.05, 0.1) is 12.3 Å². The summed E-state index contributed by atoms with van der Waals surface area (Å²) in [6.45, 7) is 8.68. The summed E-state index contributed by atoms with van der Waals surface area (Å²) in [6.07, 6.45) is 3.00. The van der Waals surface area contributed by atoms with Crippen LogP contribution in [0.4, 0.5) is 0 Å². The van der Waals surface area contributed by atoms with Gasteiger partial charge in [-0.25, -0.2) is 0 Å². The second-order valence-electron chi connectivity index (χ2n) is 7.17. The van der Waals surface area contributed by atoms with Gasteiger partial charge in [0, 0.05) is 46.0 Å². The Kier molecular flexibility index (Phi) is 7.70. The fourth-order valence-electron chi connectivity index (χ4n) is 3.05. The van der Waals surface area contributed by atoms with Gasteiger partial charge in [-0.3, -0.25) is 9.67 Å². The Hall–Kier alpha value is -2.50. The standard InChI is InChI=1S/C21H33N5O/c1-16(2)20-18(15-26(6)24-20)14-25(5)21(22-4)23-12-9-13-27-19-11-8-7-10-17(19)3/h7-8,10-11,15-16H,9,12-14H2,1-6H3,(H,22,23). The molecule has 2 rings (SSSR count). The lowest BCUT2D eigenvalue weighted by Gasteiger charge is -2.22. The van der Waals surface area contributed by atoms with Crippen LogP contribution in [0.1, 0.15) is 43.0 Å². The van der Waals surface area contributed by atoms with E-state index in [1.807, 2.05) is 37.0 Å². The van der Waals surface area contributed by atoms with E-state index < -0.39 is 0 Å². The van der Waals surface area contributed by atoms with Crippen LogP contribution in [-0.2, 0) is 13.6 Å². The van der Waals surface area contributed by atoms with Crippen molar-refractivity contribution in [2.75, 3.05) is 27.2 Å². The number of nitrogens with one attached hydrogen (secondary N) is 1. The number of aryl methyl sites for hydroxylation is 2. The molecule has 2 aromatic rings. The van der Waals surface area contributed by atoms with Crippen LogP contribution in [0.3, 0.4) is 0 Å². The molecular formula is C21H33N5O. The van der Waals surface area contributed by atoms with Crippen molar-refractivity contribution < 1.29 is 4.74 Å². The number of guanidine groups is 1. The Morgan fingerprint density at radius 3 is 2.74 bits per heavy atom. The van der Waals surface area contributed by atoms with Crippen LogP contribution < -0.4 is 10.1 Å². The van der Waals surface area contributed by atoms with Crippen LogP contribution >= 0.6 is 0 Å². The van der Waals surface area contributed by atoms with Gasteiger partial charge in [-0.1, -0.05) is 32.0 Å². The number of hydrogen-bond donors (Lipinski definition) is 1. The molecular weight excluding hydrogens is 338 g/mol. The lowest BCUT2D eigenvalue weighted by molar-refractivity contribution is 0.308. The average Bonchev–Trinajstić information content (AvgIpc) is 3.00. The monoisotopic (exact) mass is 371 g/mol. The molecule has 0 fully saturated rings. The van der Waals surface area contributed by atoms with E-state index in [1.165, 1.54) is 11.1 Å². The van der Waals surface area contributed by atoms with Crippen molar-refractivity contribution in [2.45, 2.75) is 39.7 Å². The number of hydrogen-bond acceptors (Lipinski definition) is 3. The smallest absolute Gasteiger partial charge is 0.193 e. The molecule has 6 heteroatoms. The number of rotatable bonds is 8. The summed E-state index contributed by atoms with van der Waals surface area (Å²) in [5.41, 5.74) is 3.55. The van der Waals surface area contributed by atoms with Crippen LogP contribution in [0, 0.1) is 6.92 Å². The van der Waals surface area contributed by atoms with Crippen LogP contribution in [0.5, 0.6) is 5.75 Å². The Labute approximate surface area is 163 Å². The zero-order valence-corrected chi connectivity index (χ0v) is 17.5. The normalized spacial score (nSPS) is 11.7. The minimum atomic E-state index is 0.406. The van der Waals surface area contributed by atoms with Gasteiger partial charge in [0.15, 0.2) is 5.96 Å². The number of para-hydroxylation sites is 1. The first-order chi connectivity index (χ1) is 12.9. The summed E-state index contributed by atoms with van der Waals surface area (Å²) in [6, 6.07) is 8.10. The summed E-state index contributed by atoms with van der Waals surface area (Å²) < 4.78 is 7.74. The van der Waals surface area contributed by atoms with Crippen molar-refractivity contribution in [3.63, 3.8) is 0 Å². The molecule has 0 aliphatic rings. The SMILES string of the molecule is CN=C(NCCCOc1ccccc1C)N(C)Cc1cn(C)nc1C(C)C. The highest BCUT2D eigenvalue weighted by Crippen LogP contribution is 2.18. The molecule has 27 heavy (non-hydrogen) atoms. The number of aromatic nitrogens is 2. The number of benzene rings is 1. The van der Waals surface area contributed by atoms with Gasteiger partial charge < -0.3 is 15.0 Å². The third-order valence-electron chi connectivity index (χ3n) is 4.42. The summed E-state index contributed by atoms with van der Waals surface area (Å²) >= 11 is 0. The topological polar surface area (TPSA) is 54.7 Å². The molecule has 0 amide bonds. The van der Waals surface area contributed by atoms with Crippen molar-refractivity contribution in [2.24, 2.45) is 12.0 Å². The van der Waals surface area contributed by atoms with E-state index in [-0.39, 0.29) is 0 Å². The second kappa shape index (κ2) is 10.00. The second-order valence-corrected chi connectivity index (χ2v) is 7.17. The number of nitrogens with zero attached hydrogens (tertiary/aromatic N) is 4. The highest BCUT2D eigenvalue weighted by Gasteiger charge is 2.14. The fraction of sp³-hybridized carbons (Fsp3) is 0.524. The molecule has 1 aromatic heterocycles. The first-order valence-corrected chi connectivity index (χ1v) is 9.55. The van der Waals surface area contributed by atoms with E-state index in [2.05, 4.69) is 60.4 Å². The van der Waals surface area contributed by atoms with Gasteiger partial charge in [-0.05, 0) is 30.9 Å². The van der Waals surface area contributed by atoms with Crippen LogP contribution in [-0.4, -0.2) is 47.9 Å². The predicted octanol–water partition coefficient (Wildman–Crippen LogP) is 3.33. The summed E-state index contributed by atoms with van der Waals surface area (Å²) in [4.78, 5) is 6.53. The van der Waals surface area contributed by atoms with E-state index in [9.17, 15) is 0 Å². The lowest BCUT2D eigenvalue weighted by atomic mass is 10.1. The molecule has 0 aliphatic heterocycles. The summed E-state index contributed by atoms with van der Waals surface area (Å²) in [5.74, 6) is 2.24. The Morgan fingerprint density at radius 2 is 2.07 bits per heavy atom. The number of ether oxygens (including phenoxy) is 1. The fourth-order valence-corrected chi connectivity index (χ4v) is 3.05. The minimum Gasteiger partial charge on any atom is -0.493 e. The van der Waals surface area contributed by atoms with Crippen LogP contribution in [0.15, 0.2) is 35.5 Å². The predicted molar refractivity (Wildman–Crippen MR) is 111 cm³/mol. The third-order valence-corrected chi connectivity index (χ3v) is 4.42. The van der Waals surface area contributed by atoms with E-state index in [1.54, 1.807) is 0 Å². The molecule has 148 valence electrons. The molecule has 1 heterocycles. The van der Waals surface area contributed by atoms with Crippen LogP contribution in [0.2, 0.25) is 0 Å². The Morgan fingerprint density at radius 1 is 1.33 bits per heavy atom. The summed E-state index contributed by atoms with van der Waals surface area (Å²) in [5, 5.41) is 8.00. The van der Waals surface area contributed by atoms with Crippen molar-refractivity contribution in [1.29, 1.82) is 0 Å². The highest BCUT2D eigenvalue weighted by molar-refractivity contribution is 5.79. The van der Waals surface area contributed by atoms with Gasteiger partial charge in [0.2, 0.25) is 0 Å². The maximum Gasteiger partial charge on any atom is 0.193 e. The molecule has 0 saturated heterocycles. The molecule has 6 nitrogen and oxygen atoms in total. The van der Waals surface area contributed by atoms with E-state index in [0.29, 0.717) is 12.5 Å². The molecule has 0 spiro atoms. The van der Waals surface area contributed by atoms with E-state index in [0.717, 1.165) is 36.9 Å². The van der Waals surface area contributed by atoms with Gasteiger partial charge in [0.25, 0.3) is 0 Å². The number of aliphatic imine (C=N–C) groups is 1. The molecule has 0 saturated carbocycles. The Bertz CT molecular complexity index is 751. The quantitative estimate of drug-likeness (QED) is 0.439. The van der Waals surface area contributed by atoms with Crippen molar-refractivity contribution in [3.05, 3.63) is 47.3 Å². The lowest BCUT2D eigenvalue weighted by Crippen LogP contribution is -2.39. The zero-order valence-electron chi connectivity index (χ0n) is 17.5. The van der Waals surface area contributed by atoms with Gasteiger partial charge in [-0.2, -0.15) is 5.10 Å². The molecule has 1 aromatic carbocycles. The van der Waals surface area contributed by atoms with Crippen molar-refractivity contribution >= 4 is 5.96 Å². The molecule has 0 unspecified atom stereocenters. The van der Waals surface area contributed by atoms with Crippen LogP contribution in [0.25, 0.3) is 0 Å². The average molecular weight is 372 g/mol. The molecule has 0 aliphatic carbocycles. The van der Waals surface area contributed by atoms with E-state index >= 15 is 0 Å². The van der Waals surface area contributed by atoms with Gasteiger partial charge >= 0.3 is 0 Å². The maximum absolute atomic E-state index is 5.85. The highest BCUT2D eigenvalue weighted by atomic mass is 16.5. The third kappa shape index (κ3) is 6.01. The first-order valence-electron chi connectivity index (χ1n) is 9.55. The van der Waals surface area contributed by atoms with E-state index in [4.69, 9.17) is 4.74 Å².